The first-order valence-corrected chi connectivity index (χ1v) is 7.39. The smallest absolute Gasteiger partial charge is 0.322 e. The topological polar surface area (TPSA) is 89.6 Å². The van der Waals surface area contributed by atoms with E-state index in [1.54, 1.807) is 32.9 Å². The van der Waals surface area contributed by atoms with Gasteiger partial charge in [0.25, 0.3) is 0 Å². The molecule has 122 valence electrons. The van der Waals surface area contributed by atoms with E-state index in [9.17, 15) is 14.7 Å². The molecule has 0 bridgehead atoms. The van der Waals surface area contributed by atoms with Crippen molar-refractivity contribution in [2.45, 2.75) is 32.4 Å². The second-order valence-electron chi connectivity index (χ2n) is 6.48. The van der Waals surface area contributed by atoms with Gasteiger partial charge in [0, 0.05) is 0 Å². The summed E-state index contributed by atoms with van der Waals surface area (Å²) < 4.78 is 5.19. The SMILES string of the molecule is CC(C)(C)OC(=O)[C@H](C(=O)O)C(N)c1ccc2ccccc2c1. The Hall–Kier alpha value is -2.40. The van der Waals surface area contributed by atoms with Gasteiger partial charge in [-0.15, -0.1) is 0 Å². The number of carbonyl (C=O) groups is 2. The van der Waals surface area contributed by atoms with Crippen LogP contribution in [0.1, 0.15) is 32.4 Å². The highest BCUT2D eigenvalue weighted by atomic mass is 16.6. The van der Waals surface area contributed by atoms with Crippen LogP contribution < -0.4 is 5.73 Å². The van der Waals surface area contributed by atoms with Gasteiger partial charge in [0.15, 0.2) is 5.92 Å². The number of esters is 1. The lowest BCUT2D eigenvalue weighted by Crippen LogP contribution is -2.39. The third-order valence-corrected chi connectivity index (χ3v) is 3.44. The largest absolute Gasteiger partial charge is 0.481 e. The molecule has 0 fully saturated rings. The van der Waals surface area contributed by atoms with Crippen molar-refractivity contribution < 1.29 is 19.4 Å². The Morgan fingerprint density at radius 2 is 1.70 bits per heavy atom. The van der Waals surface area contributed by atoms with Crippen molar-refractivity contribution in [1.29, 1.82) is 0 Å². The van der Waals surface area contributed by atoms with Gasteiger partial charge in [0.1, 0.15) is 5.60 Å². The molecule has 5 heteroatoms. The number of carbonyl (C=O) groups excluding carboxylic acids is 1. The number of aliphatic carboxylic acids is 1. The molecule has 2 rings (SSSR count). The van der Waals surface area contributed by atoms with E-state index in [1.165, 1.54) is 0 Å². The first-order valence-electron chi connectivity index (χ1n) is 7.39. The molecule has 2 atom stereocenters. The van der Waals surface area contributed by atoms with Crippen molar-refractivity contribution in [2.75, 3.05) is 0 Å². The Bertz CT molecular complexity index is 733. The maximum absolute atomic E-state index is 12.2. The predicted molar refractivity (Wildman–Crippen MR) is 87.8 cm³/mol. The summed E-state index contributed by atoms with van der Waals surface area (Å²) in [4.78, 5) is 23.7. The Morgan fingerprint density at radius 1 is 1.09 bits per heavy atom. The summed E-state index contributed by atoms with van der Waals surface area (Å²) in [7, 11) is 0. The Kier molecular flexibility index (Phi) is 4.71. The number of ether oxygens (including phenoxy) is 1. The molecular formula is C18H21NO4. The molecular weight excluding hydrogens is 294 g/mol. The number of carboxylic acids is 1. The fraction of sp³-hybridized carbons (Fsp3) is 0.333. The number of fused-ring (bicyclic) bond motifs is 1. The summed E-state index contributed by atoms with van der Waals surface area (Å²) in [5.41, 5.74) is 5.88. The molecule has 2 aromatic rings. The highest BCUT2D eigenvalue weighted by Crippen LogP contribution is 2.26. The molecule has 0 aliphatic heterocycles. The van der Waals surface area contributed by atoms with Gasteiger partial charge in [-0.05, 0) is 43.2 Å². The molecule has 0 aromatic heterocycles. The van der Waals surface area contributed by atoms with Crippen LogP contribution in [0.3, 0.4) is 0 Å². The average Bonchev–Trinajstić information content (AvgIpc) is 2.44. The van der Waals surface area contributed by atoms with Crippen LogP contribution in [0.5, 0.6) is 0 Å². The van der Waals surface area contributed by atoms with Crippen molar-refractivity contribution in [1.82, 2.24) is 0 Å². The van der Waals surface area contributed by atoms with Crippen molar-refractivity contribution in [3.63, 3.8) is 0 Å². The monoisotopic (exact) mass is 315 g/mol. The van der Waals surface area contributed by atoms with E-state index in [-0.39, 0.29) is 0 Å². The van der Waals surface area contributed by atoms with Gasteiger partial charge >= 0.3 is 11.9 Å². The molecule has 0 heterocycles. The van der Waals surface area contributed by atoms with Gasteiger partial charge in [0.05, 0.1) is 6.04 Å². The first kappa shape index (κ1) is 17.0. The fourth-order valence-corrected chi connectivity index (χ4v) is 2.37. The van der Waals surface area contributed by atoms with E-state index >= 15 is 0 Å². The van der Waals surface area contributed by atoms with E-state index in [4.69, 9.17) is 10.5 Å². The second kappa shape index (κ2) is 6.38. The molecule has 0 amide bonds. The van der Waals surface area contributed by atoms with E-state index in [0.717, 1.165) is 10.8 Å². The Balaban J connectivity index is 2.34. The molecule has 0 aliphatic carbocycles. The minimum atomic E-state index is -1.45. The lowest BCUT2D eigenvalue weighted by atomic mass is 9.92. The normalized spacial score (nSPS) is 14.3. The Labute approximate surface area is 135 Å². The van der Waals surface area contributed by atoms with Crippen LogP contribution in [0.25, 0.3) is 10.8 Å². The molecule has 23 heavy (non-hydrogen) atoms. The van der Waals surface area contributed by atoms with Gasteiger partial charge < -0.3 is 15.6 Å². The molecule has 5 nitrogen and oxygen atoms in total. The highest BCUT2D eigenvalue weighted by molar-refractivity contribution is 5.95. The molecule has 0 radical (unpaired) electrons. The summed E-state index contributed by atoms with van der Waals surface area (Å²) in [6, 6.07) is 12.1. The number of carboxylic acid groups (broad SMARTS) is 1. The molecule has 0 saturated carbocycles. The lowest BCUT2D eigenvalue weighted by Gasteiger charge is -2.25. The standard InChI is InChI=1S/C18H21NO4/c1-18(2,3)23-17(22)14(16(20)21)15(19)13-9-8-11-6-4-5-7-12(11)10-13/h4-10,14-15H,19H2,1-3H3,(H,20,21)/t14-,15?/m0/s1. The van der Waals surface area contributed by atoms with Crippen LogP contribution in [0.4, 0.5) is 0 Å². The van der Waals surface area contributed by atoms with Crippen LogP contribution in [0.15, 0.2) is 42.5 Å². The number of hydrogen-bond acceptors (Lipinski definition) is 4. The predicted octanol–water partition coefficient (Wildman–Crippen LogP) is 2.88. The van der Waals surface area contributed by atoms with E-state index in [0.29, 0.717) is 5.56 Å². The molecule has 0 saturated heterocycles. The van der Waals surface area contributed by atoms with Gasteiger partial charge in [-0.25, -0.2) is 0 Å². The molecule has 3 N–H and O–H groups in total. The van der Waals surface area contributed by atoms with E-state index < -0.39 is 29.5 Å². The number of benzene rings is 2. The fourth-order valence-electron chi connectivity index (χ4n) is 2.37. The summed E-state index contributed by atoms with van der Waals surface area (Å²) in [6.45, 7) is 5.06. The van der Waals surface area contributed by atoms with Gasteiger partial charge in [-0.2, -0.15) is 0 Å². The van der Waals surface area contributed by atoms with E-state index in [1.807, 2.05) is 30.3 Å². The highest BCUT2D eigenvalue weighted by Gasteiger charge is 2.37. The van der Waals surface area contributed by atoms with Crippen molar-refractivity contribution in [3.8, 4) is 0 Å². The third-order valence-electron chi connectivity index (χ3n) is 3.44. The average molecular weight is 315 g/mol. The minimum Gasteiger partial charge on any atom is -0.481 e. The molecule has 1 unspecified atom stereocenters. The van der Waals surface area contributed by atoms with Gasteiger partial charge in [-0.3, -0.25) is 9.59 Å². The van der Waals surface area contributed by atoms with E-state index in [2.05, 4.69) is 0 Å². The second-order valence-corrected chi connectivity index (χ2v) is 6.48. The maximum Gasteiger partial charge on any atom is 0.322 e. The first-order chi connectivity index (χ1) is 10.7. The molecule has 0 aliphatic rings. The molecule has 2 aromatic carbocycles. The summed E-state index contributed by atoms with van der Waals surface area (Å²) in [5, 5.41) is 11.4. The van der Waals surface area contributed by atoms with Crippen LogP contribution in [-0.2, 0) is 14.3 Å². The van der Waals surface area contributed by atoms with Crippen molar-refractivity contribution in [2.24, 2.45) is 11.7 Å². The number of hydrogen-bond donors (Lipinski definition) is 2. The van der Waals surface area contributed by atoms with Crippen LogP contribution in [0.2, 0.25) is 0 Å². The zero-order valence-corrected chi connectivity index (χ0v) is 13.4. The Morgan fingerprint density at radius 3 is 2.26 bits per heavy atom. The number of rotatable bonds is 4. The van der Waals surface area contributed by atoms with Gasteiger partial charge in [-0.1, -0.05) is 36.4 Å². The van der Waals surface area contributed by atoms with Crippen LogP contribution >= 0.6 is 0 Å². The zero-order chi connectivity index (χ0) is 17.2. The summed E-state index contributed by atoms with van der Waals surface area (Å²) >= 11 is 0. The summed E-state index contributed by atoms with van der Waals surface area (Å²) in [5.74, 6) is -3.57. The van der Waals surface area contributed by atoms with Gasteiger partial charge in [0.2, 0.25) is 0 Å². The maximum atomic E-state index is 12.2. The summed E-state index contributed by atoms with van der Waals surface area (Å²) in [6.07, 6.45) is 0. The quantitative estimate of drug-likeness (QED) is 0.669. The van der Waals surface area contributed by atoms with Crippen molar-refractivity contribution >= 4 is 22.7 Å². The van der Waals surface area contributed by atoms with Crippen molar-refractivity contribution in [3.05, 3.63) is 48.0 Å². The van der Waals surface area contributed by atoms with Crippen LogP contribution in [0, 0.1) is 5.92 Å². The minimum absolute atomic E-state index is 0.585. The van der Waals surface area contributed by atoms with Crippen LogP contribution in [-0.4, -0.2) is 22.6 Å². The zero-order valence-electron chi connectivity index (χ0n) is 13.4. The number of nitrogens with two attached hydrogens (primary N) is 1. The third kappa shape index (κ3) is 4.07. The lowest BCUT2D eigenvalue weighted by molar-refractivity contribution is -0.167. The molecule has 0 spiro atoms.